The number of nitrogens with one attached hydrogen (secondary N) is 3. The van der Waals surface area contributed by atoms with Crippen molar-refractivity contribution in [1.29, 1.82) is 0 Å². The zero-order chi connectivity index (χ0) is 17.2. The molecule has 0 saturated carbocycles. The van der Waals surface area contributed by atoms with Gasteiger partial charge in [-0.15, -0.1) is 0 Å². The van der Waals surface area contributed by atoms with Crippen LogP contribution in [0.2, 0.25) is 0 Å². The first-order valence-electron chi connectivity index (χ1n) is 8.39. The van der Waals surface area contributed by atoms with E-state index in [9.17, 15) is 4.79 Å². The van der Waals surface area contributed by atoms with Crippen molar-refractivity contribution in [3.63, 3.8) is 0 Å². The van der Waals surface area contributed by atoms with Crippen LogP contribution in [-0.2, 0) is 0 Å². The molecule has 128 valence electrons. The van der Waals surface area contributed by atoms with E-state index in [1.807, 2.05) is 31.2 Å². The van der Waals surface area contributed by atoms with Crippen molar-refractivity contribution < 1.29 is 0 Å². The van der Waals surface area contributed by atoms with Crippen LogP contribution in [0.15, 0.2) is 41.3 Å². The van der Waals surface area contributed by atoms with Gasteiger partial charge in [-0.25, -0.2) is 9.97 Å². The predicted molar refractivity (Wildman–Crippen MR) is 99.7 cm³/mol. The maximum atomic E-state index is 12.3. The third-order valence-corrected chi connectivity index (χ3v) is 4.41. The van der Waals surface area contributed by atoms with Crippen LogP contribution in [0.1, 0.15) is 5.56 Å². The van der Waals surface area contributed by atoms with Crippen LogP contribution >= 0.6 is 0 Å². The van der Waals surface area contributed by atoms with E-state index >= 15 is 0 Å². The number of pyridine rings is 1. The number of rotatable bonds is 3. The molecule has 0 aliphatic carbocycles. The smallest absolute Gasteiger partial charge is 0.260 e. The van der Waals surface area contributed by atoms with Crippen molar-refractivity contribution in [1.82, 2.24) is 20.3 Å². The number of para-hydroxylation sites is 1. The number of hydrogen-bond acceptors (Lipinski definition) is 6. The Bertz CT molecular complexity index is 961. The number of fused-ring (bicyclic) bond motifs is 1. The van der Waals surface area contributed by atoms with E-state index in [0.717, 1.165) is 37.4 Å². The Morgan fingerprint density at radius 3 is 2.88 bits per heavy atom. The first-order valence-corrected chi connectivity index (χ1v) is 8.39. The van der Waals surface area contributed by atoms with Crippen LogP contribution in [0.5, 0.6) is 0 Å². The van der Waals surface area contributed by atoms with Gasteiger partial charge >= 0.3 is 0 Å². The summed E-state index contributed by atoms with van der Waals surface area (Å²) >= 11 is 0. The molecule has 1 aliphatic heterocycles. The van der Waals surface area contributed by atoms with Crippen molar-refractivity contribution in [2.75, 3.05) is 36.4 Å². The molecule has 0 bridgehead atoms. The van der Waals surface area contributed by atoms with Crippen molar-refractivity contribution in [2.45, 2.75) is 6.92 Å². The molecule has 7 heteroatoms. The number of aromatic amines is 1. The van der Waals surface area contributed by atoms with E-state index in [-0.39, 0.29) is 5.56 Å². The van der Waals surface area contributed by atoms with Gasteiger partial charge in [-0.1, -0.05) is 12.1 Å². The highest BCUT2D eigenvalue weighted by Gasteiger charge is 2.12. The largest absolute Gasteiger partial charge is 0.369 e. The van der Waals surface area contributed by atoms with Gasteiger partial charge in [-0.3, -0.25) is 9.78 Å². The minimum atomic E-state index is -0.158. The summed E-state index contributed by atoms with van der Waals surface area (Å²) in [6.45, 7) is 5.83. The molecule has 1 aromatic carbocycles. The molecule has 0 radical (unpaired) electrons. The van der Waals surface area contributed by atoms with Crippen molar-refractivity contribution in [3.05, 3.63) is 52.4 Å². The molecule has 25 heavy (non-hydrogen) atoms. The number of hydrogen-bond donors (Lipinski definition) is 3. The van der Waals surface area contributed by atoms with Gasteiger partial charge in [0.1, 0.15) is 5.82 Å². The molecule has 0 unspecified atom stereocenters. The van der Waals surface area contributed by atoms with Gasteiger partial charge in [0.15, 0.2) is 0 Å². The van der Waals surface area contributed by atoms with Gasteiger partial charge in [0.05, 0.1) is 10.9 Å². The highest BCUT2D eigenvalue weighted by Crippen LogP contribution is 2.20. The Labute approximate surface area is 145 Å². The minimum absolute atomic E-state index is 0.158. The number of aryl methyl sites for hydroxylation is 1. The van der Waals surface area contributed by atoms with E-state index in [1.54, 1.807) is 12.3 Å². The molecule has 3 aromatic rings. The summed E-state index contributed by atoms with van der Waals surface area (Å²) in [6, 6.07) is 9.56. The van der Waals surface area contributed by atoms with Crippen molar-refractivity contribution >= 4 is 28.4 Å². The second-order valence-electron chi connectivity index (χ2n) is 6.15. The first kappa shape index (κ1) is 15.6. The fourth-order valence-electron chi connectivity index (χ4n) is 3.09. The fraction of sp³-hybridized carbons (Fsp3) is 0.278. The van der Waals surface area contributed by atoms with E-state index in [1.165, 1.54) is 0 Å². The minimum Gasteiger partial charge on any atom is -0.369 e. The SMILES string of the molecule is Cc1cccc2c(=O)[nH]c(Nc3cc(N4CCNCC4)ccn3)nc12. The molecule has 1 saturated heterocycles. The van der Waals surface area contributed by atoms with Gasteiger partial charge in [0.25, 0.3) is 5.56 Å². The third-order valence-electron chi connectivity index (χ3n) is 4.41. The Morgan fingerprint density at radius 2 is 2.04 bits per heavy atom. The molecule has 0 amide bonds. The van der Waals surface area contributed by atoms with Crippen LogP contribution in [0, 0.1) is 6.92 Å². The van der Waals surface area contributed by atoms with Crippen molar-refractivity contribution in [3.8, 4) is 0 Å². The van der Waals surface area contributed by atoms with Crippen LogP contribution in [0.25, 0.3) is 10.9 Å². The number of nitrogens with zero attached hydrogens (tertiary/aromatic N) is 3. The third kappa shape index (κ3) is 3.18. The maximum Gasteiger partial charge on any atom is 0.260 e. The predicted octanol–water partition coefficient (Wildman–Crippen LogP) is 1.78. The zero-order valence-corrected chi connectivity index (χ0v) is 14.0. The highest BCUT2D eigenvalue weighted by atomic mass is 16.1. The normalized spacial score (nSPS) is 14.7. The van der Waals surface area contributed by atoms with Crippen LogP contribution in [0.3, 0.4) is 0 Å². The molecular formula is C18H20N6O. The summed E-state index contributed by atoms with van der Waals surface area (Å²) in [5.41, 5.74) is 2.62. The number of anilines is 3. The molecule has 0 atom stereocenters. The second kappa shape index (κ2) is 6.52. The number of piperazine rings is 1. The number of benzene rings is 1. The molecule has 7 nitrogen and oxygen atoms in total. The standard InChI is InChI=1S/C18H20N6O/c1-12-3-2-4-14-16(12)22-18(23-17(14)25)21-15-11-13(5-6-20-15)24-9-7-19-8-10-24/h2-6,11,19H,7-10H2,1H3,(H2,20,21,22,23,25). The molecular weight excluding hydrogens is 316 g/mol. The average Bonchev–Trinajstić information content (AvgIpc) is 2.64. The van der Waals surface area contributed by atoms with Gasteiger partial charge in [0.2, 0.25) is 5.95 Å². The lowest BCUT2D eigenvalue weighted by molar-refractivity contribution is 0.589. The molecule has 2 aromatic heterocycles. The molecule has 4 rings (SSSR count). The lowest BCUT2D eigenvalue weighted by Crippen LogP contribution is -2.43. The van der Waals surface area contributed by atoms with E-state index in [0.29, 0.717) is 22.7 Å². The summed E-state index contributed by atoms with van der Waals surface area (Å²) in [5, 5.41) is 7.06. The van der Waals surface area contributed by atoms with Gasteiger partial charge in [0, 0.05) is 44.1 Å². The lowest BCUT2D eigenvalue weighted by atomic mass is 10.1. The zero-order valence-electron chi connectivity index (χ0n) is 14.0. The highest BCUT2D eigenvalue weighted by molar-refractivity contribution is 5.81. The van der Waals surface area contributed by atoms with Crippen LogP contribution in [-0.4, -0.2) is 41.1 Å². The lowest BCUT2D eigenvalue weighted by Gasteiger charge is -2.29. The Hall–Kier alpha value is -2.93. The van der Waals surface area contributed by atoms with E-state index in [4.69, 9.17) is 0 Å². The Balaban J connectivity index is 1.65. The number of aromatic nitrogens is 3. The molecule has 1 aliphatic rings. The van der Waals surface area contributed by atoms with E-state index in [2.05, 4.69) is 30.5 Å². The summed E-state index contributed by atoms with van der Waals surface area (Å²) < 4.78 is 0. The fourth-order valence-corrected chi connectivity index (χ4v) is 3.09. The van der Waals surface area contributed by atoms with Crippen molar-refractivity contribution in [2.24, 2.45) is 0 Å². The summed E-state index contributed by atoms with van der Waals surface area (Å²) in [5.74, 6) is 1.06. The summed E-state index contributed by atoms with van der Waals surface area (Å²) in [6.07, 6.45) is 1.77. The monoisotopic (exact) mass is 336 g/mol. The Morgan fingerprint density at radius 1 is 1.20 bits per heavy atom. The average molecular weight is 336 g/mol. The Kier molecular flexibility index (Phi) is 4.07. The van der Waals surface area contributed by atoms with Gasteiger partial charge in [-0.2, -0.15) is 0 Å². The molecule has 3 heterocycles. The first-order chi connectivity index (χ1) is 12.2. The maximum absolute atomic E-state index is 12.3. The second-order valence-corrected chi connectivity index (χ2v) is 6.15. The molecule has 3 N–H and O–H groups in total. The summed E-state index contributed by atoms with van der Waals surface area (Å²) in [7, 11) is 0. The summed E-state index contributed by atoms with van der Waals surface area (Å²) in [4.78, 5) is 26.3. The number of H-pyrrole nitrogens is 1. The van der Waals surface area contributed by atoms with Crippen LogP contribution < -0.4 is 21.1 Å². The topological polar surface area (TPSA) is 85.9 Å². The van der Waals surface area contributed by atoms with Gasteiger partial charge < -0.3 is 15.5 Å². The quantitative estimate of drug-likeness (QED) is 0.676. The van der Waals surface area contributed by atoms with Crippen LogP contribution in [0.4, 0.5) is 17.5 Å². The molecule has 0 spiro atoms. The van der Waals surface area contributed by atoms with Gasteiger partial charge in [-0.05, 0) is 24.6 Å². The molecule has 1 fully saturated rings. The van der Waals surface area contributed by atoms with E-state index < -0.39 is 0 Å².